The Hall–Kier alpha value is -2.13. The highest BCUT2D eigenvalue weighted by Crippen LogP contribution is 2.44. The van der Waals surface area contributed by atoms with Crippen LogP contribution in [0.2, 0.25) is 0 Å². The van der Waals surface area contributed by atoms with Crippen molar-refractivity contribution in [2.45, 2.75) is 25.4 Å². The lowest BCUT2D eigenvalue weighted by Crippen LogP contribution is -2.41. The van der Waals surface area contributed by atoms with Gasteiger partial charge in [-0.1, -0.05) is 61.9 Å². The largest absolute Gasteiger partial charge is 0.372 e. The summed E-state index contributed by atoms with van der Waals surface area (Å²) in [6, 6.07) is 16.7. The number of para-hydroxylation sites is 1. The van der Waals surface area contributed by atoms with Gasteiger partial charge in [-0.2, -0.15) is 0 Å². The Morgan fingerprint density at radius 3 is 2.43 bits per heavy atom. The minimum atomic E-state index is -1.56. The van der Waals surface area contributed by atoms with Crippen molar-refractivity contribution in [3.63, 3.8) is 0 Å². The van der Waals surface area contributed by atoms with Crippen LogP contribution in [0, 0.1) is 0 Å². The molecule has 21 heavy (non-hydrogen) atoms. The normalized spacial score (nSPS) is 20.7. The molecule has 0 spiro atoms. The van der Waals surface area contributed by atoms with Gasteiger partial charge in [-0.25, -0.2) is 0 Å². The molecule has 1 atom stereocenters. The number of amides is 1. The lowest BCUT2D eigenvalue weighted by Gasteiger charge is -2.23. The molecule has 1 aliphatic rings. The molecule has 0 fully saturated rings. The Labute approximate surface area is 124 Å². The fourth-order valence-corrected chi connectivity index (χ4v) is 2.93. The van der Waals surface area contributed by atoms with Crippen LogP contribution >= 0.6 is 0 Å². The quantitative estimate of drug-likeness (QED) is 0.935. The minimum absolute atomic E-state index is 0.247. The van der Waals surface area contributed by atoms with Gasteiger partial charge in [0.15, 0.2) is 5.60 Å². The highest BCUT2D eigenvalue weighted by Gasteiger charge is 2.50. The Morgan fingerprint density at radius 1 is 1.05 bits per heavy atom. The first-order valence-corrected chi connectivity index (χ1v) is 7.39. The van der Waals surface area contributed by atoms with Crippen LogP contribution in [0.1, 0.15) is 30.9 Å². The molecule has 0 aliphatic carbocycles. The van der Waals surface area contributed by atoms with Crippen LogP contribution in [0.4, 0.5) is 5.69 Å². The van der Waals surface area contributed by atoms with E-state index in [2.05, 4.69) is 6.92 Å². The summed E-state index contributed by atoms with van der Waals surface area (Å²) in [7, 11) is 0. The van der Waals surface area contributed by atoms with Gasteiger partial charge in [-0.05, 0) is 18.1 Å². The van der Waals surface area contributed by atoms with Crippen molar-refractivity contribution in [2.24, 2.45) is 0 Å². The van der Waals surface area contributed by atoms with Gasteiger partial charge < -0.3 is 10.0 Å². The predicted octanol–water partition coefficient (Wildman–Crippen LogP) is 3.07. The van der Waals surface area contributed by atoms with Crippen molar-refractivity contribution >= 4 is 11.6 Å². The third-order valence-corrected chi connectivity index (χ3v) is 4.07. The van der Waals surface area contributed by atoms with Crippen LogP contribution < -0.4 is 4.90 Å². The summed E-state index contributed by atoms with van der Waals surface area (Å²) in [6.07, 6.45) is 1.93. The van der Waals surface area contributed by atoms with Gasteiger partial charge in [-0.3, -0.25) is 4.79 Å². The fraction of sp³-hybridized carbons (Fsp3) is 0.278. The lowest BCUT2D eigenvalue weighted by atomic mass is 9.88. The Morgan fingerprint density at radius 2 is 1.71 bits per heavy atom. The molecule has 0 saturated heterocycles. The van der Waals surface area contributed by atoms with Gasteiger partial charge in [-0.15, -0.1) is 0 Å². The molecule has 0 bridgehead atoms. The van der Waals surface area contributed by atoms with Crippen LogP contribution in [0.5, 0.6) is 0 Å². The number of hydrogen-bond acceptors (Lipinski definition) is 2. The average Bonchev–Trinajstić information content (AvgIpc) is 2.76. The third-order valence-electron chi connectivity index (χ3n) is 4.07. The van der Waals surface area contributed by atoms with Crippen molar-refractivity contribution in [2.75, 3.05) is 11.4 Å². The molecule has 3 nitrogen and oxygen atoms in total. The highest BCUT2D eigenvalue weighted by atomic mass is 16.3. The van der Waals surface area contributed by atoms with E-state index in [-0.39, 0.29) is 5.91 Å². The molecule has 2 aromatic carbocycles. The van der Waals surface area contributed by atoms with Gasteiger partial charge in [0.25, 0.3) is 5.91 Å². The summed E-state index contributed by atoms with van der Waals surface area (Å²) in [5.41, 5.74) is 0.562. The van der Waals surface area contributed by atoms with E-state index in [0.717, 1.165) is 18.5 Å². The number of nitrogens with zero attached hydrogens (tertiary/aromatic N) is 1. The second-order valence-electron chi connectivity index (χ2n) is 5.40. The summed E-state index contributed by atoms with van der Waals surface area (Å²) in [5, 5.41) is 11.2. The number of carbonyl (C=O) groups excluding carboxylic acids is 1. The maximum Gasteiger partial charge on any atom is 0.268 e. The van der Waals surface area contributed by atoms with E-state index in [1.807, 2.05) is 42.5 Å². The van der Waals surface area contributed by atoms with E-state index in [9.17, 15) is 9.90 Å². The number of benzene rings is 2. The lowest BCUT2D eigenvalue weighted by molar-refractivity contribution is -0.132. The number of aliphatic hydroxyl groups is 1. The molecule has 0 saturated carbocycles. The summed E-state index contributed by atoms with van der Waals surface area (Å²) in [4.78, 5) is 14.6. The molecule has 2 aromatic rings. The van der Waals surface area contributed by atoms with Crippen molar-refractivity contribution in [1.29, 1.82) is 0 Å². The first-order chi connectivity index (χ1) is 10.2. The van der Waals surface area contributed by atoms with Crippen LogP contribution in [0.25, 0.3) is 0 Å². The summed E-state index contributed by atoms with van der Waals surface area (Å²) >= 11 is 0. The van der Waals surface area contributed by atoms with E-state index < -0.39 is 5.60 Å². The molecule has 1 amide bonds. The second-order valence-corrected chi connectivity index (χ2v) is 5.40. The van der Waals surface area contributed by atoms with E-state index in [1.165, 1.54) is 0 Å². The zero-order valence-electron chi connectivity index (χ0n) is 12.1. The molecule has 108 valence electrons. The zero-order chi connectivity index (χ0) is 14.9. The van der Waals surface area contributed by atoms with E-state index >= 15 is 0 Å². The maximum atomic E-state index is 12.9. The molecule has 0 radical (unpaired) electrons. The number of hydrogen-bond donors (Lipinski definition) is 1. The van der Waals surface area contributed by atoms with Crippen LogP contribution in [-0.2, 0) is 10.4 Å². The van der Waals surface area contributed by atoms with Gasteiger partial charge in [0, 0.05) is 12.1 Å². The zero-order valence-corrected chi connectivity index (χ0v) is 12.1. The van der Waals surface area contributed by atoms with Gasteiger partial charge in [0.05, 0.1) is 5.69 Å². The Balaban J connectivity index is 2.12. The third kappa shape index (κ3) is 2.05. The van der Waals surface area contributed by atoms with Crippen molar-refractivity contribution < 1.29 is 9.90 Å². The van der Waals surface area contributed by atoms with Crippen LogP contribution in [0.15, 0.2) is 54.6 Å². The standard InChI is InChI=1S/C18H19NO2/c1-2-3-13-19-16-12-8-7-11-15(16)18(21,17(19)20)14-9-5-4-6-10-14/h4-12,21H,2-3,13H2,1H3. The molecule has 1 N–H and O–H groups in total. The van der Waals surface area contributed by atoms with Gasteiger partial charge in [0.1, 0.15) is 0 Å². The Kier molecular flexibility index (Phi) is 3.52. The monoisotopic (exact) mass is 281 g/mol. The first-order valence-electron chi connectivity index (χ1n) is 7.39. The fourth-order valence-electron chi connectivity index (χ4n) is 2.93. The SMILES string of the molecule is CCCCN1C(=O)C(O)(c2ccccc2)c2ccccc21. The average molecular weight is 281 g/mol. The topological polar surface area (TPSA) is 40.5 Å². The van der Waals surface area contributed by atoms with Crippen molar-refractivity contribution in [1.82, 2.24) is 0 Å². The second kappa shape index (κ2) is 5.34. The molecule has 3 heteroatoms. The molecular formula is C18H19NO2. The Bertz CT molecular complexity index is 653. The summed E-state index contributed by atoms with van der Waals surface area (Å²) in [5.74, 6) is -0.247. The molecule has 1 aliphatic heterocycles. The van der Waals surface area contributed by atoms with Crippen LogP contribution in [-0.4, -0.2) is 17.6 Å². The van der Waals surface area contributed by atoms with E-state index in [0.29, 0.717) is 17.7 Å². The van der Waals surface area contributed by atoms with Gasteiger partial charge in [0.2, 0.25) is 0 Å². The molecule has 1 heterocycles. The van der Waals surface area contributed by atoms with E-state index in [1.54, 1.807) is 17.0 Å². The molecule has 0 aromatic heterocycles. The number of fused-ring (bicyclic) bond motifs is 1. The van der Waals surface area contributed by atoms with Crippen LogP contribution in [0.3, 0.4) is 0 Å². The number of rotatable bonds is 4. The predicted molar refractivity (Wildman–Crippen MR) is 83.1 cm³/mol. The van der Waals surface area contributed by atoms with Gasteiger partial charge >= 0.3 is 0 Å². The number of anilines is 1. The first kappa shape index (κ1) is 13.8. The number of carbonyl (C=O) groups is 1. The maximum absolute atomic E-state index is 12.9. The minimum Gasteiger partial charge on any atom is -0.372 e. The molecule has 3 rings (SSSR count). The number of unbranched alkanes of at least 4 members (excludes halogenated alkanes) is 1. The molecular weight excluding hydrogens is 262 g/mol. The van der Waals surface area contributed by atoms with Crippen molar-refractivity contribution in [3.05, 3.63) is 65.7 Å². The molecule has 1 unspecified atom stereocenters. The smallest absolute Gasteiger partial charge is 0.268 e. The van der Waals surface area contributed by atoms with E-state index in [4.69, 9.17) is 0 Å². The van der Waals surface area contributed by atoms with Crippen molar-refractivity contribution in [3.8, 4) is 0 Å². The highest BCUT2D eigenvalue weighted by molar-refractivity contribution is 6.09. The summed E-state index contributed by atoms with van der Waals surface area (Å²) < 4.78 is 0. The summed E-state index contributed by atoms with van der Waals surface area (Å²) in [6.45, 7) is 2.73.